The Labute approximate surface area is 154 Å². The maximum Gasteiger partial charge on any atom is 0.240 e. The van der Waals surface area contributed by atoms with Crippen LogP contribution in [0.1, 0.15) is 18.4 Å². The zero-order chi connectivity index (χ0) is 17.6. The van der Waals surface area contributed by atoms with E-state index in [0.717, 1.165) is 5.56 Å². The summed E-state index contributed by atoms with van der Waals surface area (Å²) in [5.41, 5.74) is 6.26. The number of benzene rings is 1. The number of carbonyl (C=O) groups is 1. The standard InChI is InChI=1S/C17H26N2O5.ClH/c1-21-13-5-4-12(14(22-2)15(13)23-3)6-9-19-16(20)17(18)7-10-24-11-8-17;/h4-5H,6-11,18H2,1-3H3,(H,19,20);1H. The number of nitrogens with one attached hydrogen (secondary N) is 1. The van der Waals surface area contributed by atoms with Crippen molar-refractivity contribution in [2.45, 2.75) is 24.8 Å². The van der Waals surface area contributed by atoms with Crippen molar-refractivity contribution in [3.63, 3.8) is 0 Å². The van der Waals surface area contributed by atoms with Crippen LogP contribution in [0.25, 0.3) is 0 Å². The van der Waals surface area contributed by atoms with Gasteiger partial charge in [-0.3, -0.25) is 4.79 Å². The van der Waals surface area contributed by atoms with Crippen molar-refractivity contribution in [1.29, 1.82) is 0 Å². The second kappa shape index (κ2) is 9.70. The Hall–Kier alpha value is -1.70. The van der Waals surface area contributed by atoms with Crippen LogP contribution in [0, 0.1) is 0 Å². The molecule has 1 aliphatic heterocycles. The molecule has 0 atom stereocenters. The van der Waals surface area contributed by atoms with Crippen LogP contribution >= 0.6 is 12.4 Å². The van der Waals surface area contributed by atoms with E-state index in [1.165, 1.54) is 0 Å². The highest BCUT2D eigenvalue weighted by atomic mass is 35.5. The number of nitrogens with two attached hydrogens (primary N) is 1. The van der Waals surface area contributed by atoms with E-state index in [-0.39, 0.29) is 18.3 Å². The number of amides is 1. The van der Waals surface area contributed by atoms with Crippen LogP contribution in [0.5, 0.6) is 17.2 Å². The fourth-order valence-corrected chi connectivity index (χ4v) is 2.81. The Balaban J connectivity index is 0.00000312. The van der Waals surface area contributed by atoms with Gasteiger partial charge in [-0.25, -0.2) is 0 Å². The van der Waals surface area contributed by atoms with Crippen molar-refractivity contribution in [2.75, 3.05) is 41.1 Å². The number of halogens is 1. The quantitative estimate of drug-likeness (QED) is 0.747. The van der Waals surface area contributed by atoms with Gasteiger partial charge in [0.25, 0.3) is 0 Å². The molecule has 2 rings (SSSR count). The van der Waals surface area contributed by atoms with Crippen LogP contribution in [-0.4, -0.2) is 52.5 Å². The molecule has 1 heterocycles. The second-order valence-corrected chi connectivity index (χ2v) is 5.77. The predicted molar refractivity (Wildman–Crippen MR) is 97.0 cm³/mol. The maximum atomic E-state index is 12.3. The minimum atomic E-state index is -0.833. The number of methoxy groups -OCH3 is 3. The van der Waals surface area contributed by atoms with Gasteiger partial charge < -0.3 is 30.0 Å². The first-order valence-electron chi connectivity index (χ1n) is 7.98. The minimum Gasteiger partial charge on any atom is -0.493 e. The van der Waals surface area contributed by atoms with E-state index >= 15 is 0 Å². The molecule has 8 heteroatoms. The van der Waals surface area contributed by atoms with Gasteiger partial charge in [0, 0.05) is 25.3 Å². The van der Waals surface area contributed by atoms with Crippen LogP contribution in [0.15, 0.2) is 12.1 Å². The monoisotopic (exact) mass is 374 g/mol. The zero-order valence-electron chi connectivity index (χ0n) is 14.9. The Kier molecular flexibility index (Phi) is 8.28. The number of carbonyl (C=O) groups excluding carboxylic acids is 1. The van der Waals surface area contributed by atoms with Gasteiger partial charge in [-0.1, -0.05) is 6.07 Å². The van der Waals surface area contributed by atoms with E-state index in [2.05, 4.69) is 5.32 Å². The van der Waals surface area contributed by atoms with Gasteiger partial charge in [0.2, 0.25) is 11.7 Å². The summed E-state index contributed by atoms with van der Waals surface area (Å²) in [5.74, 6) is 1.62. The van der Waals surface area contributed by atoms with E-state index in [9.17, 15) is 4.79 Å². The van der Waals surface area contributed by atoms with Crippen LogP contribution < -0.4 is 25.3 Å². The smallest absolute Gasteiger partial charge is 0.240 e. The van der Waals surface area contributed by atoms with Gasteiger partial charge in [0.15, 0.2) is 11.5 Å². The lowest BCUT2D eigenvalue weighted by Crippen LogP contribution is -2.57. The first-order valence-corrected chi connectivity index (χ1v) is 7.98. The molecule has 0 aromatic heterocycles. The van der Waals surface area contributed by atoms with Crippen LogP contribution in [0.2, 0.25) is 0 Å². The predicted octanol–water partition coefficient (Wildman–Crippen LogP) is 1.30. The molecule has 0 saturated carbocycles. The van der Waals surface area contributed by atoms with E-state index in [1.54, 1.807) is 21.3 Å². The first-order chi connectivity index (χ1) is 11.6. The summed E-state index contributed by atoms with van der Waals surface area (Å²) in [4.78, 5) is 12.3. The fraction of sp³-hybridized carbons (Fsp3) is 0.588. The third kappa shape index (κ3) is 4.90. The Morgan fingerprint density at radius 3 is 2.36 bits per heavy atom. The van der Waals surface area contributed by atoms with Crippen molar-refractivity contribution in [1.82, 2.24) is 5.32 Å². The molecular formula is C17H27ClN2O5. The minimum absolute atomic E-state index is 0. The fourth-order valence-electron chi connectivity index (χ4n) is 2.81. The molecule has 0 bridgehead atoms. The molecule has 1 saturated heterocycles. The molecular weight excluding hydrogens is 348 g/mol. The van der Waals surface area contributed by atoms with Gasteiger partial charge in [0.05, 0.1) is 26.9 Å². The molecule has 1 aliphatic rings. The SMILES string of the molecule is COc1ccc(CCNC(=O)C2(N)CCOCC2)c(OC)c1OC.Cl. The molecule has 1 fully saturated rings. The van der Waals surface area contributed by atoms with Gasteiger partial charge in [0.1, 0.15) is 0 Å². The van der Waals surface area contributed by atoms with Gasteiger partial charge >= 0.3 is 0 Å². The number of ether oxygens (including phenoxy) is 4. The van der Waals surface area contributed by atoms with Crippen molar-refractivity contribution in [3.05, 3.63) is 17.7 Å². The molecule has 3 N–H and O–H groups in total. The second-order valence-electron chi connectivity index (χ2n) is 5.77. The summed E-state index contributed by atoms with van der Waals surface area (Å²) in [6, 6.07) is 3.72. The molecule has 1 aromatic carbocycles. The number of rotatable bonds is 7. The largest absolute Gasteiger partial charge is 0.493 e. The average Bonchev–Trinajstić information content (AvgIpc) is 2.61. The van der Waals surface area contributed by atoms with Crippen LogP contribution in [0.3, 0.4) is 0 Å². The first kappa shape index (κ1) is 21.3. The lowest BCUT2D eigenvalue weighted by Gasteiger charge is -2.31. The van der Waals surface area contributed by atoms with Crippen LogP contribution in [-0.2, 0) is 16.0 Å². The molecule has 1 amide bonds. The molecule has 25 heavy (non-hydrogen) atoms. The van der Waals surface area contributed by atoms with E-state index in [1.807, 2.05) is 12.1 Å². The van der Waals surface area contributed by atoms with Gasteiger partial charge in [-0.2, -0.15) is 0 Å². The molecule has 0 spiro atoms. The Morgan fingerprint density at radius 1 is 1.16 bits per heavy atom. The van der Waals surface area contributed by atoms with Crippen LogP contribution in [0.4, 0.5) is 0 Å². The average molecular weight is 375 g/mol. The van der Waals surface area contributed by atoms with Gasteiger partial charge in [-0.05, 0) is 25.3 Å². The molecule has 0 unspecified atom stereocenters. The van der Waals surface area contributed by atoms with E-state index in [0.29, 0.717) is 56.3 Å². The van der Waals surface area contributed by atoms with Crippen molar-refractivity contribution >= 4 is 18.3 Å². The van der Waals surface area contributed by atoms with E-state index < -0.39 is 5.54 Å². The highest BCUT2D eigenvalue weighted by Gasteiger charge is 2.35. The Bertz CT molecular complexity index is 576. The van der Waals surface area contributed by atoms with Gasteiger partial charge in [-0.15, -0.1) is 12.4 Å². The molecule has 7 nitrogen and oxygen atoms in total. The number of hydrogen-bond donors (Lipinski definition) is 2. The highest BCUT2D eigenvalue weighted by molar-refractivity contribution is 5.86. The summed E-state index contributed by atoms with van der Waals surface area (Å²) < 4.78 is 21.3. The topological polar surface area (TPSA) is 92.0 Å². The lowest BCUT2D eigenvalue weighted by atomic mass is 9.90. The summed E-state index contributed by atoms with van der Waals surface area (Å²) in [6.07, 6.45) is 1.68. The molecule has 142 valence electrons. The molecule has 0 radical (unpaired) electrons. The normalized spacial score (nSPS) is 15.7. The summed E-state index contributed by atoms with van der Waals surface area (Å²) in [6.45, 7) is 1.51. The molecule has 1 aromatic rings. The highest BCUT2D eigenvalue weighted by Crippen LogP contribution is 2.39. The Morgan fingerprint density at radius 2 is 1.80 bits per heavy atom. The lowest BCUT2D eigenvalue weighted by molar-refractivity contribution is -0.129. The summed E-state index contributed by atoms with van der Waals surface area (Å²) in [5, 5.41) is 2.91. The third-order valence-corrected chi connectivity index (χ3v) is 4.30. The summed E-state index contributed by atoms with van der Waals surface area (Å²) >= 11 is 0. The van der Waals surface area contributed by atoms with Crippen molar-refractivity contribution in [3.8, 4) is 17.2 Å². The third-order valence-electron chi connectivity index (χ3n) is 4.30. The van der Waals surface area contributed by atoms with Crippen molar-refractivity contribution < 1.29 is 23.7 Å². The van der Waals surface area contributed by atoms with Crippen molar-refractivity contribution in [2.24, 2.45) is 5.73 Å². The number of hydrogen-bond acceptors (Lipinski definition) is 6. The zero-order valence-corrected chi connectivity index (χ0v) is 15.7. The summed E-state index contributed by atoms with van der Waals surface area (Å²) in [7, 11) is 4.72. The van der Waals surface area contributed by atoms with E-state index in [4.69, 9.17) is 24.7 Å². The maximum absolute atomic E-state index is 12.3. The molecule has 0 aliphatic carbocycles.